The Morgan fingerprint density at radius 3 is 2.95 bits per heavy atom. The van der Waals surface area contributed by atoms with Crippen LogP contribution < -0.4 is 10.1 Å². The van der Waals surface area contributed by atoms with E-state index >= 15 is 0 Å². The quantitative estimate of drug-likeness (QED) is 0.843. The van der Waals surface area contributed by atoms with E-state index in [2.05, 4.69) is 5.32 Å². The van der Waals surface area contributed by atoms with Gasteiger partial charge in [-0.1, -0.05) is 23.7 Å². The summed E-state index contributed by atoms with van der Waals surface area (Å²) in [5, 5.41) is 13.9. The van der Waals surface area contributed by atoms with Crippen LogP contribution in [0.5, 0.6) is 5.75 Å². The lowest BCUT2D eigenvalue weighted by atomic mass is 9.95. The van der Waals surface area contributed by atoms with Gasteiger partial charge in [-0.2, -0.15) is 0 Å². The second-order valence-corrected chi connectivity index (χ2v) is 5.93. The summed E-state index contributed by atoms with van der Waals surface area (Å²) in [6, 6.07) is 7.66. The number of fused-ring (bicyclic) bond motifs is 2. The molecule has 2 bridgehead atoms. The summed E-state index contributed by atoms with van der Waals surface area (Å²) in [5.41, 5.74) is 0. The number of ether oxygens (including phenoxy) is 2. The molecule has 3 rings (SSSR count). The van der Waals surface area contributed by atoms with Crippen molar-refractivity contribution in [3.05, 3.63) is 29.3 Å². The standard InChI is InChI=1S/C15H20ClNO3/c16-12-3-1-2-4-14(12)19-9-10(18)8-17-13-7-11-5-6-15(13)20-11/h1-4,10-11,13,15,17-18H,5-9H2. The van der Waals surface area contributed by atoms with Crippen LogP contribution in [0.3, 0.4) is 0 Å². The van der Waals surface area contributed by atoms with Crippen molar-refractivity contribution in [1.82, 2.24) is 5.32 Å². The van der Waals surface area contributed by atoms with E-state index < -0.39 is 6.10 Å². The Labute approximate surface area is 124 Å². The molecule has 1 aromatic carbocycles. The molecule has 2 saturated heterocycles. The van der Waals surface area contributed by atoms with Crippen LogP contribution in [-0.4, -0.2) is 42.6 Å². The molecular formula is C15H20ClNO3. The van der Waals surface area contributed by atoms with Crippen molar-refractivity contribution in [2.24, 2.45) is 0 Å². The van der Waals surface area contributed by atoms with Gasteiger partial charge in [-0.05, 0) is 31.4 Å². The number of aliphatic hydroxyl groups is 1. The molecule has 0 spiro atoms. The molecule has 110 valence electrons. The maximum Gasteiger partial charge on any atom is 0.138 e. The molecule has 2 heterocycles. The van der Waals surface area contributed by atoms with Gasteiger partial charge in [-0.25, -0.2) is 0 Å². The highest BCUT2D eigenvalue weighted by Gasteiger charge is 2.40. The zero-order chi connectivity index (χ0) is 13.9. The maximum absolute atomic E-state index is 9.96. The molecule has 1 aromatic rings. The fourth-order valence-electron chi connectivity index (χ4n) is 2.95. The van der Waals surface area contributed by atoms with Crippen LogP contribution in [0.15, 0.2) is 24.3 Å². The van der Waals surface area contributed by atoms with Crippen LogP contribution in [0.2, 0.25) is 5.02 Å². The van der Waals surface area contributed by atoms with Gasteiger partial charge in [0.15, 0.2) is 0 Å². The fourth-order valence-corrected chi connectivity index (χ4v) is 3.14. The Morgan fingerprint density at radius 2 is 2.25 bits per heavy atom. The lowest BCUT2D eigenvalue weighted by Gasteiger charge is -2.22. The van der Waals surface area contributed by atoms with Gasteiger partial charge in [0.1, 0.15) is 18.5 Å². The minimum atomic E-state index is -0.551. The van der Waals surface area contributed by atoms with Crippen LogP contribution in [0.1, 0.15) is 19.3 Å². The van der Waals surface area contributed by atoms with Crippen molar-refractivity contribution < 1.29 is 14.6 Å². The number of rotatable bonds is 6. The number of halogens is 1. The van der Waals surface area contributed by atoms with Crippen LogP contribution >= 0.6 is 11.6 Å². The first-order valence-corrected chi connectivity index (χ1v) is 7.54. The van der Waals surface area contributed by atoms with E-state index in [9.17, 15) is 5.11 Å². The van der Waals surface area contributed by atoms with E-state index in [-0.39, 0.29) is 6.61 Å². The lowest BCUT2D eigenvalue weighted by molar-refractivity contribution is 0.0854. The third-order valence-electron chi connectivity index (χ3n) is 3.99. The molecule has 2 aliphatic heterocycles. The maximum atomic E-state index is 9.96. The van der Waals surface area contributed by atoms with Crippen LogP contribution in [-0.2, 0) is 4.74 Å². The van der Waals surface area contributed by atoms with Crippen molar-refractivity contribution >= 4 is 11.6 Å². The zero-order valence-corrected chi connectivity index (χ0v) is 12.1. The molecule has 2 fully saturated rings. The van der Waals surface area contributed by atoms with E-state index in [1.54, 1.807) is 12.1 Å². The van der Waals surface area contributed by atoms with Gasteiger partial charge < -0.3 is 19.9 Å². The normalized spacial score (nSPS) is 29.6. The molecule has 0 radical (unpaired) electrons. The molecule has 0 amide bonds. The molecule has 4 atom stereocenters. The summed E-state index contributed by atoms with van der Waals surface area (Å²) < 4.78 is 11.3. The zero-order valence-electron chi connectivity index (χ0n) is 11.3. The smallest absolute Gasteiger partial charge is 0.138 e. The molecule has 20 heavy (non-hydrogen) atoms. The summed E-state index contributed by atoms with van der Waals surface area (Å²) >= 11 is 5.99. The third kappa shape index (κ3) is 3.26. The Morgan fingerprint density at radius 1 is 1.40 bits per heavy atom. The lowest BCUT2D eigenvalue weighted by Crippen LogP contribution is -2.42. The van der Waals surface area contributed by atoms with E-state index in [1.165, 1.54) is 6.42 Å². The Bertz CT molecular complexity index is 456. The predicted molar refractivity (Wildman–Crippen MR) is 77.3 cm³/mol. The minimum Gasteiger partial charge on any atom is -0.489 e. The third-order valence-corrected chi connectivity index (χ3v) is 4.30. The van der Waals surface area contributed by atoms with Crippen molar-refractivity contribution in [2.45, 2.75) is 43.6 Å². The Hall–Kier alpha value is -0.810. The van der Waals surface area contributed by atoms with Crippen molar-refractivity contribution in [2.75, 3.05) is 13.2 Å². The highest BCUT2D eigenvalue weighted by Crippen LogP contribution is 2.34. The average Bonchev–Trinajstić information content (AvgIpc) is 3.06. The summed E-state index contributed by atoms with van der Waals surface area (Å²) in [6.07, 6.45) is 3.58. The molecule has 2 N–H and O–H groups in total. The van der Waals surface area contributed by atoms with E-state index in [0.29, 0.717) is 35.6 Å². The van der Waals surface area contributed by atoms with E-state index in [1.807, 2.05) is 12.1 Å². The summed E-state index contributed by atoms with van der Waals surface area (Å²) in [6.45, 7) is 0.750. The number of nitrogens with one attached hydrogen (secondary N) is 1. The predicted octanol–water partition coefficient (Wildman–Crippen LogP) is 1.99. The van der Waals surface area contributed by atoms with Crippen molar-refractivity contribution in [3.8, 4) is 5.75 Å². The summed E-state index contributed by atoms with van der Waals surface area (Å²) in [5.74, 6) is 0.608. The average molecular weight is 298 g/mol. The largest absolute Gasteiger partial charge is 0.489 e. The topological polar surface area (TPSA) is 50.7 Å². The van der Waals surface area contributed by atoms with Crippen molar-refractivity contribution in [3.63, 3.8) is 0 Å². The molecule has 0 saturated carbocycles. The van der Waals surface area contributed by atoms with Crippen LogP contribution in [0.4, 0.5) is 0 Å². The number of benzene rings is 1. The number of aliphatic hydroxyl groups excluding tert-OH is 1. The number of hydrogen-bond acceptors (Lipinski definition) is 4. The molecule has 4 nitrogen and oxygen atoms in total. The van der Waals surface area contributed by atoms with Crippen molar-refractivity contribution in [1.29, 1.82) is 0 Å². The van der Waals surface area contributed by atoms with Gasteiger partial charge >= 0.3 is 0 Å². The highest BCUT2D eigenvalue weighted by atomic mass is 35.5. The first kappa shape index (κ1) is 14.1. The van der Waals surface area contributed by atoms with Crippen LogP contribution in [0.25, 0.3) is 0 Å². The molecule has 5 heteroatoms. The molecule has 4 unspecified atom stereocenters. The molecule has 0 aliphatic carbocycles. The molecule has 0 aromatic heterocycles. The monoisotopic (exact) mass is 297 g/mol. The highest BCUT2D eigenvalue weighted by molar-refractivity contribution is 6.32. The first-order chi connectivity index (χ1) is 9.72. The van der Waals surface area contributed by atoms with Gasteiger partial charge in [0.25, 0.3) is 0 Å². The first-order valence-electron chi connectivity index (χ1n) is 7.16. The fraction of sp³-hybridized carbons (Fsp3) is 0.600. The number of para-hydroxylation sites is 1. The van der Waals surface area contributed by atoms with Gasteiger partial charge in [-0.15, -0.1) is 0 Å². The molecular weight excluding hydrogens is 278 g/mol. The van der Waals surface area contributed by atoms with Gasteiger partial charge in [0.2, 0.25) is 0 Å². The summed E-state index contributed by atoms with van der Waals surface area (Å²) in [4.78, 5) is 0. The van der Waals surface area contributed by atoms with Crippen LogP contribution in [0, 0.1) is 0 Å². The van der Waals surface area contributed by atoms with Gasteiger partial charge in [0, 0.05) is 12.6 Å². The van der Waals surface area contributed by atoms with E-state index in [0.717, 1.165) is 12.8 Å². The minimum absolute atomic E-state index is 0.235. The second-order valence-electron chi connectivity index (χ2n) is 5.52. The summed E-state index contributed by atoms with van der Waals surface area (Å²) in [7, 11) is 0. The molecule has 2 aliphatic rings. The SMILES string of the molecule is OC(CNC1CC2CCC1O2)COc1ccccc1Cl. The van der Waals surface area contributed by atoms with E-state index in [4.69, 9.17) is 21.1 Å². The second kappa shape index (κ2) is 6.31. The Kier molecular flexibility index (Phi) is 4.46. The van der Waals surface area contributed by atoms with Gasteiger partial charge in [0.05, 0.1) is 17.2 Å². The number of hydrogen-bond donors (Lipinski definition) is 2. The van der Waals surface area contributed by atoms with Gasteiger partial charge in [-0.3, -0.25) is 0 Å². The Balaban J connectivity index is 1.39.